The molecule has 0 aromatic heterocycles. The zero-order valence-corrected chi connectivity index (χ0v) is 9.00. The van der Waals surface area contributed by atoms with Gasteiger partial charge in [0.15, 0.2) is 0 Å². The highest BCUT2D eigenvalue weighted by Gasteiger charge is 2.13. The molecular weight excluding hydrogens is 162 g/mol. The van der Waals surface area contributed by atoms with E-state index in [2.05, 4.69) is 23.6 Å². The quantitative estimate of drug-likeness (QED) is 0.689. The fourth-order valence-corrected chi connectivity index (χ4v) is 1.93. The first kappa shape index (κ1) is 11.0. The van der Waals surface area contributed by atoms with E-state index in [0.29, 0.717) is 6.04 Å². The Hall–Kier alpha value is -0.120. The molecule has 1 aliphatic rings. The molecule has 1 atom stereocenters. The van der Waals surface area contributed by atoms with Crippen LogP contribution in [0.1, 0.15) is 20.3 Å². The zero-order chi connectivity index (χ0) is 9.68. The molecule has 13 heavy (non-hydrogen) atoms. The molecule has 0 aromatic carbocycles. The smallest absolute Gasteiger partial charge is 0.0139 e. The van der Waals surface area contributed by atoms with E-state index in [4.69, 9.17) is 5.73 Å². The topological polar surface area (TPSA) is 32.5 Å². The second-order valence-electron chi connectivity index (χ2n) is 4.07. The summed E-state index contributed by atoms with van der Waals surface area (Å²) in [6.45, 7) is 11.4. The molecule has 1 aliphatic heterocycles. The van der Waals surface area contributed by atoms with Gasteiger partial charge in [-0.2, -0.15) is 0 Å². The largest absolute Gasteiger partial charge is 0.327 e. The number of likely N-dealkylation sites (N-methyl/N-ethyl adjacent to an activating group) is 1. The maximum Gasteiger partial charge on any atom is 0.0139 e. The minimum atomic E-state index is 0.313. The Labute approximate surface area is 81.9 Å². The molecule has 0 radical (unpaired) electrons. The lowest BCUT2D eigenvalue weighted by atomic mass is 10.3. The van der Waals surface area contributed by atoms with E-state index in [1.54, 1.807) is 0 Å². The van der Waals surface area contributed by atoms with Gasteiger partial charge in [-0.25, -0.2) is 0 Å². The van der Waals surface area contributed by atoms with Crippen molar-refractivity contribution >= 4 is 0 Å². The number of nitrogens with zero attached hydrogens (tertiary/aromatic N) is 2. The molecule has 2 N–H and O–H groups in total. The Morgan fingerprint density at radius 1 is 1.15 bits per heavy atom. The maximum absolute atomic E-state index is 5.79. The van der Waals surface area contributed by atoms with Crippen molar-refractivity contribution in [3.63, 3.8) is 0 Å². The predicted octanol–water partition coefficient (Wildman–Crippen LogP) is 0.361. The Balaban J connectivity index is 2.27. The molecule has 0 unspecified atom stereocenters. The van der Waals surface area contributed by atoms with E-state index in [1.807, 2.05) is 0 Å². The number of hydrogen-bond acceptors (Lipinski definition) is 3. The van der Waals surface area contributed by atoms with E-state index < -0.39 is 0 Å². The van der Waals surface area contributed by atoms with Gasteiger partial charge in [0.05, 0.1) is 0 Å². The molecule has 0 bridgehead atoms. The SMILES string of the molecule is CCN1CCCN(C[C@H](C)N)CC1. The molecule has 0 amide bonds. The second kappa shape index (κ2) is 5.58. The number of rotatable bonds is 3. The summed E-state index contributed by atoms with van der Waals surface area (Å²) in [5.41, 5.74) is 5.79. The van der Waals surface area contributed by atoms with Gasteiger partial charge in [0.1, 0.15) is 0 Å². The summed E-state index contributed by atoms with van der Waals surface area (Å²) in [5.74, 6) is 0. The van der Waals surface area contributed by atoms with Crippen molar-refractivity contribution in [3.8, 4) is 0 Å². The third-order valence-electron chi connectivity index (χ3n) is 2.67. The highest BCUT2D eigenvalue weighted by atomic mass is 15.2. The Bertz CT molecular complexity index is 136. The summed E-state index contributed by atoms with van der Waals surface area (Å²) >= 11 is 0. The fraction of sp³-hybridized carbons (Fsp3) is 1.00. The summed E-state index contributed by atoms with van der Waals surface area (Å²) in [6.07, 6.45) is 1.29. The van der Waals surface area contributed by atoms with Crippen LogP contribution in [0.3, 0.4) is 0 Å². The van der Waals surface area contributed by atoms with Crippen molar-refractivity contribution in [1.82, 2.24) is 9.80 Å². The van der Waals surface area contributed by atoms with Crippen LogP contribution < -0.4 is 5.73 Å². The van der Waals surface area contributed by atoms with Gasteiger partial charge in [-0.3, -0.25) is 0 Å². The first-order valence-corrected chi connectivity index (χ1v) is 5.42. The predicted molar refractivity (Wildman–Crippen MR) is 56.8 cm³/mol. The average Bonchev–Trinajstić information content (AvgIpc) is 2.29. The normalized spacial score (nSPS) is 24.2. The van der Waals surface area contributed by atoms with E-state index in [9.17, 15) is 0 Å². The van der Waals surface area contributed by atoms with E-state index in [-0.39, 0.29) is 0 Å². The number of nitrogens with two attached hydrogens (primary N) is 1. The van der Waals surface area contributed by atoms with Gasteiger partial charge < -0.3 is 15.5 Å². The van der Waals surface area contributed by atoms with E-state index in [0.717, 1.165) is 6.54 Å². The number of hydrogen-bond donors (Lipinski definition) is 1. The zero-order valence-electron chi connectivity index (χ0n) is 9.00. The van der Waals surface area contributed by atoms with Gasteiger partial charge in [-0.15, -0.1) is 0 Å². The fourth-order valence-electron chi connectivity index (χ4n) is 1.93. The third kappa shape index (κ3) is 4.07. The van der Waals surface area contributed by atoms with Crippen LogP contribution in [0.15, 0.2) is 0 Å². The lowest BCUT2D eigenvalue weighted by molar-refractivity contribution is 0.255. The summed E-state index contributed by atoms with van der Waals surface area (Å²) < 4.78 is 0. The highest BCUT2D eigenvalue weighted by Crippen LogP contribution is 2.02. The molecule has 0 spiro atoms. The first-order chi connectivity index (χ1) is 6.22. The summed E-state index contributed by atoms with van der Waals surface area (Å²) in [7, 11) is 0. The van der Waals surface area contributed by atoms with Crippen molar-refractivity contribution in [2.24, 2.45) is 5.73 Å². The standard InChI is InChI=1S/C10H23N3/c1-3-12-5-4-6-13(8-7-12)9-10(2)11/h10H,3-9,11H2,1-2H3/t10-/m0/s1. The summed E-state index contributed by atoms with van der Waals surface area (Å²) in [6, 6.07) is 0.313. The van der Waals surface area contributed by atoms with Crippen molar-refractivity contribution in [2.45, 2.75) is 26.3 Å². The van der Waals surface area contributed by atoms with Crippen LogP contribution in [0.2, 0.25) is 0 Å². The molecule has 1 fully saturated rings. The lowest BCUT2D eigenvalue weighted by Crippen LogP contribution is -2.38. The van der Waals surface area contributed by atoms with Crippen LogP contribution in [0.25, 0.3) is 0 Å². The summed E-state index contributed by atoms with van der Waals surface area (Å²) in [5, 5.41) is 0. The molecular formula is C10H23N3. The molecule has 0 saturated carbocycles. The molecule has 78 valence electrons. The van der Waals surface area contributed by atoms with Gasteiger partial charge in [0, 0.05) is 25.7 Å². The lowest BCUT2D eigenvalue weighted by Gasteiger charge is -2.22. The van der Waals surface area contributed by atoms with Crippen molar-refractivity contribution < 1.29 is 0 Å². The van der Waals surface area contributed by atoms with E-state index >= 15 is 0 Å². The van der Waals surface area contributed by atoms with E-state index in [1.165, 1.54) is 39.1 Å². The van der Waals surface area contributed by atoms with Gasteiger partial charge in [-0.05, 0) is 33.0 Å². The van der Waals surface area contributed by atoms with Crippen LogP contribution in [0.5, 0.6) is 0 Å². The molecule has 3 heteroatoms. The Kier molecular flexibility index (Phi) is 4.70. The molecule has 1 rings (SSSR count). The van der Waals surface area contributed by atoms with Crippen LogP contribution in [-0.4, -0.2) is 55.1 Å². The minimum Gasteiger partial charge on any atom is -0.327 e. The Morgan fingerprint density at radius 3 is 2.38 bits per heavy atom. The minimum absolute atomic E-state index is 0.313. The van der Waals surface area contributed by atoms with Crippen LogP contribution >= 0.6 is 0 Å². The summed E-state index contributed by atoms with van der Waals surface area (Å²) in [4.78, 5) is 5.00. The van der Waals surface area contributed by atoms with Crippen LogP contribution in [-0.2, 0) is 0 Å². The first-order valence-electron chi connectivity index (χ1n) is 5.42. The average molecular weight is 185 g/mol. The molecule has 3 nitrogen and oxygen atoms in total. The molecule has 0 aromatic rings. The van der Waals surface area contributed by atoms with Gasteiger partial charge in [-0.1, -0.05) is 6.92 Å². The van der Waals surface area contributed by atoms with Crippen LogP contribution in [0.4, 0.5) is 0 Å². The van der Waals surface area contributed by atoms with Gasteiger partial charge >= 0.3 is 0 Å². The van der Waals surface area contributed by atoms with Gasteiger partial charge in [0.2, 0.25) is 0 Å². The van der Waals surface area contributed by atoms with Crippen molar-refractivity contribution in [1.29, 1.82) is 0 Å². The maximum atomic E-state index is 5.79. The third-order valence-corrected chi connectivity index (χ3v) is 2.67. The van der Waals surface area contributed by atoms with Crippen molar-refractivity contribution in [2.75, 3.05) is 39.3 Å². The highest BCUT2D eigenvalue weighted by molar-refractivity contribution is 4.71. The van der Waals surface area contributed by atoms with Crippen LogP contribution in [0, 0.1) is 0 Å². The molecule has 1 heterocycles. The van der Waals surface area contributed by atoms with Gasteiger partial charge in [0.25, 0.3) is 0 Å². The Morgan fingerprint density at radius 2 is 1.77 bits per heavy atom. The second-order valence-corrected chi connectivity index (χ2v) is 4.07. The molecule has 1 saturated heterocycles. The monoisotopic (exact) mass is 185 g/mol. The van der Waals surface area contributed by atoms with Crippen molar-refractivity contribution in [3.05, 3.63) is 0 Å². The molecule has 0 aliphatic carbocycles.